The monoisotopic (exact) mass is 718 g/mol. The van der Waals surface area contributed by atoms with Crippen LogP contribution in [0.15, 0.2) is 54.6 Å². The first-order valence-electron chi connectivity index (χ1n) is 16.0. The number of aliphatic hydroxyl groups excluding tert-OH is 6. The Morgan fingerprint density at radius 1 is 1.02 bits per heavy atom. The third kappa shape index (κ3) is 9.99. The second kappa shape index (κ2) is 17.8. The number of hydrogen-bond donors (Lipinski definition) is 9. The topological polar surface area (TPSA) is 263 Å². The summed E-state index contributed by atoms with van der Waals surface area (Å²) < 4.78 is 27.8. The number of ether oxygens (including phenoxy) is 5. The van der Waals surface area contributed by atoms with Crippen molar-refractivity contribution in [1.29, 1.82) is 0 Å². The molecule has 0 bridgehead atoms. The van der Waals surface area contributed by atoms with Gasteiger partial charge in [-0.15, -0.1) is 12.3 Å². The van der Waals surface area contributed by atoms with Gasteiger partial charge in [0, 0.05) is 31.9 Å². The van der Waals surface area contributed by atoms with Gasteiger partial charge in [-0.05, 0) is 30.3 Å². The molecule has 0 spiro atoms. The van der Waals surface area contributed by atoms with Crippen molar-refractivity contribution >= 4 is 17.8 Å². The zero-order valence-electron chi connectivity index (χ0n) is 27.5. The van der Waals surface area contributed by atoms with Crippen molar-refractivity contribution in [2.45, 2.75) is 86.7 Å². The second-order valence-corrected chi connectivity index (χ2v) is 12.0. The molecule has 2 heterocycles. The van der Waals surface area contributed by atoms with Gasteiger partial charge in [-0.3, -0.25) is 9.59 Å². The number of terminal acetylenes is 1. The highest BCUT2D eigenvalue weighted by Gasteiger charge is 2.56. The van der Waals surface area contributed by atoms with Crippen molar-refractivity contribution in [2.24, 2.45) is 0 Å². The molecule has 2 aromatic carbocycles. The van der Waals surface area contributed by atoms with Gasteiger partial charge in [0.2, 0.25) is 5.91 Å². The van der Waals surface area contributed by atoms with Crippen LogP contribution in [-0.2, 0) is 28.5 Å². The van der Waals surface area contributed by atoms with Gasteiger partial charge in [-0.25, -0.2) is 4.79 Å². The Hall–Kier alpha value is -4.19. The minimum atomic E-state index is -2.76. The number of rotatable bonds is 15. The van der Waals surface area contributed by atoms with E-state index in [1.165, 1.54) is 12.1 Å². The summed E-state index contributed by atoms with van der Waals surface area (Å²) in [6, 6.07) is 13.5. The van der Waals surface area contributed by atoms with Crippen molar-refractivity contribution < 1.29 is 73.8 Å². The third-order valence-corrected chi connectivity index (χ3v) is 8.22. The maximum absolute atomic E-state index is 12.9. The number of aliphatic hydroxyl groups is 6. The molecule has 0 aromatic heterocycles. The number of benzene rings is 2. The van der Waals surface area contributed by atoms with Crippen LogP contribution < -0.4 is 15.4 Å². The molecule has 0 radical (unpaired) electrons. The molecular weight excluding hydrogens is 676 g/mol. The average molecular weight is 719 g/mol. The molecule has 11 atom stereocenters. The van der Waals surface area contributed by atoms with Gasteiger partial charge < -0.3 is 70.1 Å². The molecule has 17 heteroatoms. The van der Waals surface area contributed by atoms with Gasteiger partial charge in [0.15, 0.2) is 6.29 Å². The van der Waals surface area contributed by atoms with E-state index < -0.39 is 104 Å². The average Bonchev–Trinajstić information content (AvgIpc) is 3.11. The van der Waals surface area contributed by atoms with Gasteiger partial charge in [-0.2, -0.15) is 0 Å². The van der Waals surface area contributed by atoms with Crippen LogP contribution in [0.1, 0.15) is 30.1 Å². The predicted octanol–water partition coefficient (Wildman–Crippen LogP) is -1.77. The quantitative estimate of drug-likeness (QED) is 0.0729. The zero-order chi connectivity index (χ0) is 37.3. The fraction of sp³-hybridized carbons (Fsp3) is 0.500. The number of carboxylic acid groups (broad SMARTS) is 1. The second-order valence-electron chi connectivity index (χ2n) is 12.0. The molecule has 9 N–H and O–H groups in total. The molecule has 2 aliphatic rings. The van der Waals surface area contributed by atoms with E-state index in [1.807, 2.05) is 6.07 Å². The van der Waals surface area contributed by atoms with Crippen molar-refractivity contribution in [2.75, 3.05) is 19.8 Å². The number of nitrogens with one attached hydrogen (secondary N) is 2. The molecule has 0 aliphatic carbocycles. The Morgan fingerprint density at radius 2 is 1.73 bits per heavy atom. The highest BCUT2D eigenvalue weighted by Crippen LogP contribution is 2.35. The number of carboxylic acids is 1. The SMILES string of the molecule is C#CCCO[C@@H]1O[C@H](COC2(C(=O)O)CC(O)C(NC(C)=O)C(C(O)C(O)CNC(=O)c3cccc(Oc4ccccc4)c3)O2)[C@H](O)[C@H](O)[C@H]1O. The molecule has 2 aliphatic heterocycles. The standard InChI is InChI=1S/C34H42N2O15/c1-3-4-13-47-32-29(43)28(42)27(41)24(50-32)17-48-34(33(45)46)15-22(38)25(36-18(2)37)30(51-34)26(40)23(39)16-35-31(44)19-9-8-12-21(14-19)49-20-10-6-5-7-11-20/h1,5-12,14,22-30,32,38-43H,4,13,15-17H2,2H3,(H,35,44)(H,36,37)(H,45,46)/t22?,23?,24-,25?,26?,27+,28+,29-,30?,32-,34?/m1/s1. The number of hydrogen-bond acceptors (Lipinski definition) is 14. The van der Waals surface area contributed by atoms with E-state index in [2.05, 4.69) is 16.6 Å². The fourth-order valence-electron chi connectivity index (χ4n) is 5.56. The summed E-state index contributed by atoms with van der Waals surface area (Å²) in [6.45, 7) is -0.373. The molecule has 0 saturated carbocycles. The maximum Gasteiger partial charge on any atom is 0.364 e. The van der Waals surface area contributed by atoms with Crippen molar-refractivity contribution in [3.63, 3.8) is 0 Å². The molecule has 17 nitrogen and oxygen atoms in total. The first kappa shape index (κ1) is 39.6. The third-order valence-electron chi connectivity index (χ3n) is 8.22. The van der Waals surface area contributed by atoms with Crippen LogP contribution in [0.3, 0.4) is 0 Å². The highest BCUT2D eigenvalue weighted by atomic mass is 16.7. The van der Waals surface area contributed by atoms with Crippen molar-refractivity contribution in [1.82, 2.24) is 10.6 Å². The van der Waals surface area contributed by atoms with E-state index in [0.29, 0.717) is 11.5 Å². The Morgan fingerprint density at radius 3 is 2.39 bits per heavy atom. The molecule has 2 aromatic rings. The zero-order valence-corrected chi connectivity index (χ0v) is 27.5. The molecule has 2 fully saturated rings. The van der Waals surface area contributed by atoms with Gasteiger partial charge in [0.25, 0.3) is 11.7 Å². The van der Waals surface area contributed by atoms with Crippen LogP contribution >= 0.6 is 0 Å². The lowest BCUT2D eigenvalue weighted by atomic mass is 9.88. The highest BCUT2D eigenvalue weighted by molar-refractivity contribution is 5.94. The lowest BCUT2D eigenvalue weighted by Gasteiger charge is -2.47. The van der Waals surface area contributed by atoms with Gasteiger partial charge >= 0.3 is 5.97 Å². The first-order valence-corrected chi connectivity index (χ1v) is 16.0. The van der Waals surface area contributed by atoms with Crippen LogP contribution in [0.2, 0.25) is 0 Å². The summed E-state index contributed by atoms with van der Waals surface area (Å²) in [7, 11) is 0. The van der Waals surface area contributed by atoms with E-state index in [1.54, 1.807) is 36.4 Å². The van der Waals surface area contributed by atoms with E-state index >= 15 is 0 Å². The van der Waals surface area contributed by atoms with E-state index in [9.17, 15) is 50.1 Å². The van der Waals surface area contributed by atoms with Crippen LogP contribution in [0.4, 0.5) is 0 Å². The van der Waals surface area contributed by atoms with Gasteiger partial charge in [0.1, 0.15) is 48.1 Å². The molecule has 51 heavy (non-hydrogen) atoms. The van der Waals surface area contributed by atoms with E-state index in [4.69, 9.17) is 30.1 Å². The number of amides is 2. The fourth-order valence-corrected chi connectivity index (χ4v) is 5.56. The summed E-state index contributed by atoms with van der Waals surface area (Å²) in [4.78, 5) is 37.6. The molecule has 6 unspecified atom stereocenters. The Kier molecular flexibility index (Phi) is 13.8. The summed E-state index contributed by atoms with van der Waals surface area (Å²) in [5, 5.41) is 79.3. The largest absolute Gasteiger partial charge is 0.477 e. The molecule has 2 amide bonds. The van der Waals surface area contributed by atoms with E-state index in [0.717, 1.165) is 6.92 Å². The van der Waals surface area contributed by atoms with Crippen molar-refractivity contribution in [3.8, 4) is 23.8 Å². The lowest BCUT2D eigenvalue weighted by molar-refractivity contribution is -0.338. The Bertz CT molecular complexity index is 1520. The predicted molar refractivity (Wildman–Crippen MR) is 173 cm³/mol. The molecule has 278 valence electrons. The number of carbonyl (C=O) groups excluding carboxylic acids is 2. The van der Waals surface area contributed by atoms with Gasteiger partial charge in [-0.1, -0.05) is 24.3 Å². The summed E-state index contributed by atoms with van der Waals surface area (Å²) >= 11 is 0. The van der Waals surface area contributed by atoms with Crippen LogP contribution in [0.5, 0.6) is 11.5 Å². The van der Waals surface area contributed by atoms with E-state index in [-0.39, 0.29) is 18.6 Å². The number of aliphatic carboxylic acids is 1. The number of para-hydroxylation sites is 1. The summed E-state index contributed by atoms with van der Waals surface area (Å²) in [5.41, 5.74) is 0.150. The number of carbonyl (C=O) groups is 3. The summed E-state index contributed by atoms with van der Waals surface area (Å²) in [6.07, 6.45) is -11.2. The van der Waals surface area contributed by atoms with Crippen LogP contribution in [0.25, 0.3) is 0 Å². The minimum Gasteiger partial charge on any atom is -0.477 e. The molecular formula is C34H42N2O15. The van der Waals surface area contributed by atoms with Crippen molar-refractivity contribution in [3.05, 3.63) is 60.2 Å². The first-order chi connectivity index (χ1) is 24.3. The smallest absolute Gasteiger partial charge is 0.364 e. The normalized spacial score (nSPS) is 30.3. The molecule has 2 saturated heterocycles. The van der Waals surface area contributed by atoms with Crippen LogP contribution in [-0.4, -0.2) is 140 Å². The van der Waals surface area contributed by atoms with Gasteiger partial charge in [0.05, 0.1) is 31.5 Å². The Labute approximate surface area is 292 Å². The Balaban J connectivity index is 1.46. The minimum absolute atomic E-state index is 0.0784. The lowest BCUT2D eigenvalue weighted by Crippen LogP contribution is -2.68. The summed E-state index contributed by atoms with van der Waals surface area (Å²) in [5.74, 6) is -2.70. The molecule has 4 rings (SSSR count). The van der Waals surface area contributed by atoms with Crippen LogP contribution in [0, 0.1) is 12.3 Å². The maximum atomic E-state index is 12.9.